The number of benzene rings is 1. The third kappa shape index (κ3) is 4.00. The van der Waals surface area contributed by atoms with Gasteiger partial charge in [0.1, 0.15) is 5.82 Å². The Morgan fingerprint density at radius 2 is 1.95 bits per heavy atom. The predicted molar refractivity (Wildman–Crippen MR) is 77.8 cm³/mol. The Bertz CT molecular complexity index is 638. The maximum atomic E-state index is 11.8. The summed E-state index contributed by atoms with van der Waals surface area (Å²) in [6, 6.07) is 9.40. The van der Waals surface area contributed by atoms with Crippen molar-refractivity contribution in [1.29, 1.82) is 0 Å². The molecule has 2 rings (SSSR count). The van der Waals surface area contributed by atoms with Crippen molar-refractivity contribution in [3.05, 3.63) is 63.8 Å². The molecule has 0 aliphatic heterocycles. The van der Waals surface area contributed by atoms with Crippen molar-refractivity contribution in [2.45, 2.75) is 6.42 Å². The van der Waals surface area contributed by atoms with E-state index in [-0.39, 0.29) is 11.6 Å². The fraction of sp³-hybridized carbons (Fsp3) is 0.143. The second kappa shape index (κ2) is 6.47. The zero-order valence-corrected chi connectivity index (χ0v) is 11.2. The molecule has 0 aliphatic rings. The number of non-ortho nitro benzene ring substituents is 1. The first kappa shape index (κ1) is 14.4. The van der Waals surface area contributed by atoms with Gasteiger partial charge in [0.25, 0.3) is 11.6 Å². The van der Waals surface area contributed by atoms with Gasteiger partial charge in [0, 0.05) is 24.9 Å². The highest BCUT2D eigenvalue weighted by Gasteiger charge is 2.06. The molecule has 7 heteroatoms. The maximum Gasteiger partial charge on any atom is 0.269 e. The van der Waals surface area contributed by atoms with Gasteiger partial charge in [-0.15, -0.1) is 0 Å². The molecule has 1 aromatic heterocycles. The highest BCUT2D eigenvalue weighted by Crippen LogP contribution is 2.12. The minimum Gasteiger partial charge on any atom is -0.384 e. The van der Waals surface area contributed by atoms with E-state index in [0.29, 0.717) is 24.3 Å². The van der Waals surface area contributed by atoms with Gasteiger partial charge in [-0.25, -0.2) is 4.98 Å². The average molecular weight is 286 g/mol. The van der Waals surface area contributed by atoms with Crippen LogP contribution in [0.1, 0.15) is 15.9 Å². The Morgan fingerprint density at radius 1 is 1.24 bits per heavy atom. The zero-order chi connectivity index (χ0) is 15.2. The topological polar surface area (TPSA) is 111 Å². The van der Waals surface area contributed by atoms with Crippen LogP contribution in [0.3, 0.4) is 0 Å². The molecule has 0 fully saturated rings. The smallest absolute Gasteiger partial charge is 0.269 e. The molecule has 0 spiro atoms. The monoisotopic (exact) mass is 286 g/mol. The molecule has 0 saturated carbocycles. The first-order chi connectivity index (χ1) is 10.1. The highest BCUT2D eigenvalue weighted by atomic mass is 16.6. The number of nitrogens with one attached hydrogen (secondary N) is 1. The summed E-state index contributed by atoms with van der Waals surface area (Å²) in [5, 5.41) is 13.3. The fourth-order valence-electron chi connectivity index (χ4n) is 1.75. The van der Waals surface area contributed by atoms with E-state index in [2.05, 4.69) is 10.3 Å². The summed E-state index contributed by atoms with van der Waals surface area (Å²) in [5.41, 5.74) is 6.85. The number of anilines is 1. The van der Waals surface area contributed by atoms with Gasteiger partial charge in [0.05, 0.1) is 10.5 Å². The van der Waals surface area contributed by atoms with Crippen molar-refractivity contribution in [3.8, 4) is 0 Å². The van der Waals surface area contributed by atoms with E-state index in [1.807, 2.05) is 0 Å². The van der Waals surface area contributed by atoms with Gasteiger partial charge >= 0.3 is 0 Å². The second-order valence-electron chi connectivity index (χ2n) is 4.40. The molecular formula is C14H14N4O3. The van der Waals surface area contributed by atoms with Crippen LogP contribution in [0.4, 0.5) is 11.5 Å². The number of hydrogen-bond donors (Lipinski definition) is 2. The Balaban J connectivity index is 1.85. The van der Waals surface area contributed by atoms with E-state index in [0.717, 1.165) is 5.56 Å². The molecule has 0 saturated heterocycles. The van der Waals surface area contributed by atoms with E-state index < -0.39 is 4.92 Å². The number of carbonyl (C=O) groups excluding carboxylic acids is 1. The summed E-state index contributed by atoms with van der Waals surface area (Å²) < 4.78 is 0. The van der Waals surface area contributed by atoms with E-state index >= 15 is 0 Å². The van der Waals surface area contributed by atoms with Crippen LogP contribution >= 0.6 is 0 Å². The second-order valence-corrected chi connectivity index (χ2v) is 4.40. The molecule has 7 nitrogen and oxygen atoms in total. The SMILES string of the molecule is Nc1ccc(C(=O)NCCc2ccc([N+](=O)[O-])cc2)cn1. The fourth-order valence-corrected chi connectivity index (χ4v) is 1.75. The summed E-state index contributed by atoms with van der Waals surface area (Å²) in [4.78, 5) is 25.7. The number of hydrogen-bond acceptors (Lipinski definition) is 5. The van der Waals surface area contributed by atoms with Crippen molar-refractivity contribution in [1.82, 2.24) is 10.3 Å². The van der Waals surface area contributed by atoms with Crippen molar-refractivity contribution >= 4 is 17.4 Å². The third-order valence-electron chi connectivity index (χ3n) is 2.89. The molecule has 0 radical (unpaired) electrons. The van der Waals surface area contributed by atoms with Crippen LogP contribution in [0.25, 0.3) is 0 Å². The summed E-state index contributed by atoms with van der Waals surface area (Å²) in [6.45, 7) is 0.432. The molecule has 0 atom stereocenters. The number of nitro benzene ring substituents is 1. The van der Waals surface area contributed by atoms with Crippen molar-refractivity contribution < 1.29 is 9.72 Å². The Labute approximate surface area is 121 Å². The first-order valence-corrected chi connectivity index (χ1v) is 6.29. The number of aromatic nitrogens is 1. The van der Waals surface area contributed by atoms with Crippen molar-refractivity contribution in [2.75, 3.05) is 12.3 Å². The molecule has 0 aliphatic carbocycles. The number of nitrogens with zero attached hydrogens (tertiary/aromatic N) is 2. The number of nitro groups is 1. The molecule has 1 aromatic carbocycles. The van der Waals surface area contributed by atoms with Crippen LogP contribution in [0.15, 0.2) is 42.6 Å². The van der Waals surface area contributed by atoms with Gasteiger partial charge in [-0.05, 0) is 24.1 Å². The third-order valence-corrected chi connectivity index (χ3v) is 2.89. The van der Waals surface area contributed by atoms with E-state index in [9.17, 15) is 14.9 Å². The number of rotatable bonds is 5. The minimum absolute atomic E-state index is 0.0516. The normalized spacial score (nSPS) is 10.1. The number of carbonyl (C=O) groups is 1. The van der Waals surface area contributed by atoms with Crippen LogP contribution in [0.2, 0.25) is 0 Å². The van der Waals surface area contributed by atoms with Crippen molar-refractivity contribution in [3.63, 3.8) is 0 Å². The number of pyridine rings is 1. The predicted octanol–water partition coefficient (Wildman–Crippen LogP) is 1.54. The number of nitrogen functional groups attached to an aromatic ring is 1. The lowest BCUT2D eigenvalue weighted by Gasteiger charge is -2.05. The van der Waals surface area contributed by atoms with Crippen LogP contribution in [0, 0.1) is 10.1 Å². The quantitative estimate of drug-likeness (QED) is 0.639. The molecule has 108 valence electrons. The largest absolute Gasteiger partial charge is 0.384 e. The van der Waals surface area contributed by atoms with Gasteiger partial charge in [0.15, 0.2) is 0 Å². The van der Waals surface area contributed by atoms with Crippen LogP contribution in [-0.4, -0.2) is 22.4 Å². The lowest BCUT2D eigenvalue weighted by molar-refractivity contribution is -0.384. The van der Waals surface area contributed by atoms with Gasteiger partial charge in [-0.1, -0.05) is 12.1 Å². The Morgan fingerprint density at radius 3 is 2.52 bits per heavy atom. The van der Waals surface area contributed by atoms with Gasteiger partial charge in [-0.2, -0.15) is 0 Å². The molecule has 1 amide bonds. The van der Waals surface area contributed by atoms with Gasteiger partial charge < -0.3 is 11.1 Å². The molecule has 0 unspecified atom stereocenters. The summed E-state index contributed by atoms with van der Waals surface area (Å²) in [6.07, 6.45) is 2.00. The van der Waals surface area contributed by atoms with Gasteiger partial charge in [-0.3, -0.25) is 14.9 Å². The molecular weight excluding hydrogens is 272 g/mol. The first-order valence-electron chi connectivity index (χ1n) is 6.29. The van der Waals surface area contributed by atoms with Crippen molar-refractivity contribution in [2.24, 2.45) is 0 Å². The van der Waals surface area contributed by atoms with E-state index in [1.165, 1.54) is 18.3 Å². The lowest BCUT2D eigenvalue weighted by Crippen LogP contribution is -2.25. The zero-order valence-electron chi connectivity index (χ0n) is 11.2. The molecule has 21 heavy (non-hydrogen) atoms. The number of nitrogens with two attached hydrogens (primary N) is 1. The highest BCUT2D eigenvalue weighted by molar-refractivity contribution is 5.93. The standard InChI is InChI=1S/C14H14N4O3/c15-13-6-3-11(9-17-13)14(19)16-8-7-10-1-4-12(5-2-10)18(20)21/h1-6,9H,7-8H2,(H2,15,17)(H,16,19). The molecule has 3 N–H and O–H groups in total. The molecule has 0 bridgehead atoms. The lowest BCUT2D eigenvalue weighted by atomic mass is 10.1. The Kier molecular flexibility index (Phi) is 4.45. The van der Waals surface area contributed by atoms with Crippen LogP contribution in [0.5, 0.6) is 0 Å². The van der Waals surface area contributed by atoms with Crippen LogP contribution < -0.4 is 11.1 Å². The molecule has 2 aromatic rings. The number of amides is 1. The summed E-state index contributed by atoms with van der Waals surface area (Å²) in [5.74, 6) is 0.127. The van der Waals surface area contributed by atoms with E-state index in [4.69, 9.17) is 5.73 Å². The summed E-state index contributed by atoms with van der Waals surface area (Å²) >= 11 is 0. The average Bonchev–Trinajstić information content (AvgIpc) is 2.48. The van der Waals surface area contributed by atoms with Gasteiger partial charge in [0.2, 0.25) is 0 Å². The Hall–Kier alpha value is -2.96. The maximum absolute atomic E-state index is 11.8. The molecule has 1 heterocycles. The van der Waals surface area contributed by atoms with Crippen LogP contribution in [-0.2, 0) is 6.42 Å². The van der Waals surface area contributed by atoms with E-state index in [1.54, 1.807) is 24.3 Å². The summed E-state index contributed by atoms with van der Waals surface area (Å²) in [7, 11) is 0. The minimum atomic E-state index is -0.445.